The van der Waals surface area contributed by atoms with Gasteiger partial charge in [-0.3, -0.25) is 4.79 Å². The summed E-state index contributed by atoms with van der Waals surface area (Å²) in [6.07, 6.45) is 3.27. The Labute approximate surface area is 108 Å². The predicted molar refractivity (Wildman–Crippen MR) is 66.4 cm³/mol. The summed E-state index contributed by atoms with van der Waals surface area (Å²) in [6, 6.07) is 1.99. The fourth-order valence-electron chi connectivity index (χ4n) is 1.99. The van der Waals surface area contributed by atoms with E-state index in [0.717, 1.165) is 12.8 Å². The molecule has 1 rings (SSSR count). The summed E-state index contributed by atoms with van der Waals surface area (Å²) < 4.78 is 28.4. The Hall–Kier alpha value is -1.09. The number of hydrogen-bond acceptors (Lipinski definition) is 5. The van der Waals surface area contributed by atoms with Crippen LogP contribution in [0, 0.1) is 16.7 Å². The molecule has 0 aromatic carbocycles. The first kappa shape index (κ1) is 15.0. The zero-order valence-corrected chi connectivity index (χ0v) is 11.5. The summed E-state index contributed by atoms with van der Waals surface area (Å²) >= 11 is 0. The molecule has 0 aromatic rings. The van der Waals surface area contributed by atoms with Gasteiger partial charge in [0.05, 0.1) is 31.1 Å². The summed E-state index contributed by atoms with van der Waals surface area (Å²) in [6.45, 7) is 0. The van der Waals surface area contributed by atoms with Gasteiger partial charge >= 0.3 is 5.97 Å². The molecule has 0 atom stereocenters. The highest BCUT2D eigenvalue weighted by Gasteiger charge is 2.47. The minimum Gasteiger partial charge on any atom is -0.469 e. The van der Waals surface area contributed by atoms with Crippen molar-refractivity contribution in [1.29, 1.82) is 5.26 Å². The van der Waals surface area contributed by atoms with E-state index in [-0.39, 0.29) is 29.3 Å². The van der Waals surface area contributed by atoms with Crippen LogP contribution in [0.5, 0.6) is 0 Å². The van der Waals surface area contributed by atoms with Crippen molar-refractivity contribution < 1.29 is 17.9 Å². The zero-order chi connectivity index (χ0) is 13.6. The van der Waals surface area contributed by atoms with Crippen molar-refractivity contribution in [2.24, 2.45) is 5.41 Å². The Kier molecular flexibility index (Phi) is 5.15. The average molecular weight is 273 g/mol. The molecule has 0 spiro atoms. The highest BCUT2D eigenvalue weighted by atomic mass is 32.2. The summed E-state index contributed by atoms with van der Waals surface area (Å²) in [5.74, 6) is -0.161. The maximum Gasteiger partial charge on any atom is 0.306 e. The number of nitriles is 1. The van der Waals surface area contributed by atoms with Crippen molar-refractivity contribution in [1.82, 2.24) is 0 Å². The lowest BCUT2D eigenvalue weighted by atomic mass is 10.1. The van der Waals surface area contributed by atoms with E-state index in [1.807, 2.05) is 6.07 Å². The minimum atomic E-state index is -3.13. The van der Waals surface area contributed by atoms with Gasteiger partial charge in [-0.25, -0.2) is 8.42 Å². The van der Waals surface area contributed by atoms with Gasteiger partial charge in [0.1, 0.15) is 0 Å². The van der Waals surface area contributed by atoms with E-state index in [2.05, 4.69) is 4.74 Å². The van der Waals surface area contributed by atoms with Gasteiger partial charge in [0.15, 0.2) is 9.84 Å². The quantitative estimate of drug-likeness (QED) is 0.493. The van der Waals surface area contributed by atoms with Gasteiger partial charge < -0.3 is 4.74 Å². The molecule has 18 heavy (non-hydrogen) atoms. The smallest absolute Gasteiger partial charge is 0.306 e. The second kappa shape index (κ2) is 6.19. The molecule has 6 heteroatoms. The van der Waals surface area contributed by atoms with Crippen LogP contribution in [0.2, 0.25) is 0 Å². The van der Waals surface area contributed by atoms with E-state index in [4.69, 9.17) is 5.26 Å². The van der Waals surface area contributed by atoms with Crippen molar-refractivity contribution in [3.05, 3.63) is 0 Å². The van der Waals surface area contributed by atoms with Gasteiger partial charge in [0.25, 0.3) is 0 Å². The lowest BCUT2D eigenvalue weighted by Crippen LogP contribution is -2.23. The monoisotopic (exact) mass is 273 g/mol. The number of ether oxygens (including phenoxy) is 1. The maximum absolute atomic E-state index is 11.9. The van der Waals surface area contributed by atoms with Gasteiger partial charge in [-0.15, -0.1) is 0 Å². The first-order valence-electron chi connectivity index (χ1n) is 6.07. The number of sulfone groups is 1. The van der Waals surface area contributed by atoms with Crippen LogP contribution in [0.1, 0.15) is 38.5 Å². The van der Waals surface area contributed by atoms with Gasteiger partial charge in [-0.1, -0.05) is 0 Å². The van der Waals surface area contributed by atoms with Gasteiger partial charge in [-0.2, -0.15) is 5.26 Å². The SMILES string of the molecule is COC(=O)CC1(CS(=O)(=O)CCCCC#N)CC1. The summed E-state index contributed by atoms with van der Waals surface area (Å²) in [4.78, 5) is 11.2. The van der Waals surface area contributed by atoms with Gasteiger partial charge in [0, 0.05) is 6.42 Å². The molecule has 102 valence electrons. The number of unbranched alkanes of at least 4 members (excludes halogenated alkanes) is 2. The second-order valence-corrected chi connectivity index (χ2v) is 7.14. The molecule has 0 aliphatic heterocycles. The molecule has 0 N–H and O–H groups in total. The van der Waals surface area contributed by atoms with Crippen LogP contribution in [0.15, 0.2) is 0 Å². The Bertz CT molecular complexity index is 431. The van der Waals surface area contributed by atoms with Crippen LogP contribution in [0.25, 0.3) is 0 Å². The molecule has 1 fully saturated rings. The van der Waals surface area contributed by atoms with E-state index < -0.39 is 9.84 Å². The van der Waals surface area contributed by atoms with Crippen LogP contribution in [0.3, 0.4) is 0 Å². The number of hydrogen-bond donors (Lipinski definition) is 0. The summed E-state index contributed by atoms with van der Waals surface area (Å²) in [7, 11) is -1.81. The van der Waals surface area contributed by atoms with Gasteiger partial charge in [-0.05, 0) is 31.1 Å². The van der Waals surface area contributed by atoms with Crippen LogP contribution >= 0.6 is 0 Å². The Morgan fingerprint density at radius 1 is 1.39 bits per heavy atom. The average Bonchev–Trinajstić information content (AvgIpc) is 3.03. The predicted octanol–water partition coefficient (Wildman–Crippen LogP) is 1.44. The Morgan fingerprint density at radius 3 is 2.56 bits per heavy atom. The molecule has 0 radical (unpaired) electrons. The van der Waals surface area contributed by atoms with Gasteiger partial charge in [0.2, 0.25) is 0 Å². The van der Waals surface area contributed by atoms with Crippen molar-refractivity contribution in [2.75, 3.05) is 18.6 Å². The highest BCUT2D eigenvalue weighted by molar-refractivity contribution is 7.91. The molecule has 5 nitrogen and oxygen atoms in total. The molecule has 0 unspecified atom stereocenters. The molecular formula is C12H19NO4S. The first-order chi connectivity index (χ1) is 8.43. The fraction of sp³-hybridized carbons (Fsp3) is 0.833. The molecule has 1 aliphatic carbocycles. The number of nitrogens with zero attached hydrogens (tertiary/aromatic N) is 1. The number of carbonyl (C=O) groups excluding carboxylic acids is 1. The topological polar surface area (TPSA) is 84.2 Å². The second-order valence-electron chi connectivity index (χ2n) is 4.96. The lowest BCUT2D eigenvalue weighted by molar-refractivity contribution is -0.141. The number of rotatable bonds is 8. The zero-order valence-electron chi connectivity index (χ0n) is 10.6. The lowest BCUT2D eigenvalue weighted by Gasteiger charge is -2.13. The highest BCUT2D eigenvalue weighted by Crippen LogP contribution is 2.50. The number of esters is 1. The largest absolute Gasteiger partial charge is 0.469 e. The van der Waals surface area contributed by atoms with Crippen LogP contribution in [-0.4, -0.2) is 33.0 Å². The van der Waals surface area contributed by atoms with Crippen LogP contribution in [-0.2, 0) is 19.4 Å². The van der Waals surface area contributed by atoms with E-state index in [1.54, 1.807) is 0 Å². The van der Waals surface area contributed by atoms with E-state index in [9.17, 15) is 13.2 Å². The number of carbonyl (C=O) groups is 1. The Balaban J connectivity index is 2.41. The molecule has 0 bridgehead atoms. The van der Waals surface area contributed by atoms with E-state index in [1.165, 1.54) is 7.11 Å². The third kappa shape index (κ3) is 5.05. The van der Waals surface area contributed by atoms with Crippen molar-refractivity contribution >= 4 is 15.8 Å². The normalized spacial score (nSPS) is 16.9. The van der Waals surface area contributed by atoms with Crippen LogP contribution < -0.4 is 0 Å². The van der Waals surface area contributed by atoms with Crippen LogP contribution in [0.4, 0.5) is 0 Å². The van der Waals surface area contributed by atoms with E-state index >= 15 is 0 Å². The van der Waals surface area contributed by atoms with Crippen molar-refractivity contribution in [2.45, 2.75) is 38.5 Å². The van der Waals surface area contributed by atoms with Crippen molar-refractivity contribution in [3.63, 3.8) is 0 Å². The first-order valence-corrected chi connectivity index (χ1v) is 7.89. The molecule has 1 saturated carbocycles. The number of methoxy groups -OCH3 is 1. The molecule has 0 saturated heterocycles. The fourth-order valence-corrected chi connectivity index (χ4v) is 4.10. The minimum absolute atomic E-state index is 0.0711. The Morgan fingerprint density at radius 2 is 2.06 bits per heavy atom. The maximum atomic E-state index is 11.9. The van der Waals surface area contributed by atoms with E-state index in [0.29, 0.717) is 19.3 Å². The molecule has 0 aromatic heterocycles. The summed E-state index contributed by atoms with van der Waals surface area (Å²) in [5, 5.41) is 8.37. The molecule has 0 amide bonds. The molecular weight excluding hydrogens is 254 g/mol. The standard InChI is InChI=1S/C12H19NO4S/c1-17-11(14)9-12(5-6-12)10-18(15,16)8-4-2-3-7-13/h2-6,8-10H2,1H3. The molecule has 1 aliphatic rings. The third-order valence-electron chi connectivity index (χ3n) is 3.22. The molecule has 0 heterocycles. The summed E-state index contributed by atoms with van der Waals surface area (Å²) in [5.41, 5.74) is -0.374. The van der Waals surface area contributed by atoms with Crippen molar-refractivity contribution in [3.8, 4) is 6.07 Å². The third-order valence-corrected chi connectivity index (χ3v) is 5.19.